The normalized spacial score (nSPS) is 18.2. The molecule has 2 rings (SSSR count). The van der Waals surface area contributed by atoms with E-state index in [0.29, 0.717) is 6.42 Å². The summed E-state index contributed by atoms with van der Waals surface area (Å²) in [7, 11) is 0. The Kier molecular flexibility index (Phi) is 6.06. The molecule has 3 nitrogen and oxygen atoms in total. The van der Waals surface area contributed by atoms with Gasteiger partial charge in [0.05, 0.1) is 12.6 Å². The van der Waals surface area contributed by atoms with Gasteiger partial charge in [0.1, 0.15) is 0 Å². The van der Waals surface area contributed by atoms with E-state index in [2.05, 4.69) is 5.32 Å². The molecule has 1 fully saturated rings. The minimum Gasteiger partial charge on any atom is -0.394 e. The lowest BCUT2D eigenvalue weighted by Gasteiger charge is -2.20. The molecule has 1 saturated carbocycles. The third-order valence-corrected chi connectivity index (χ3v) is 4.12. The molecule has 0 aliphatic heterocycles. The lowest BCUT2D eigenvalue weighted by atomic mass is 9.98. The summed E-state index contributed by atoms with van der Waals surface area (Å²) in [5.41, 5.74) is 1.15. The Morgan fingerprint density at radius 2 is 1.80 bits per heavy atom. The first-order valence-corrected chi connectivity index (χ1v) is 7.74. The Labute approximate surface area is 121 Å². The quantitative estimate of drug-likeness (QED) is 0.812. The summed E-state index contributed by atoms with van der Waals surface area (Å²) in [4.78, 5) is 12.3. The number of hydrogen-bond acceptors (Lipinski definition) is 2. The van der Waals surface area contributed by atoms with Crippen LogP contribution < -0.4 is 5.32 Å². The monoisotopic (exact) mass is 275 g/mol. The Bertz CT molecular complexity index is 397. The molecule has 0 bridgehead atoms. The van der Waals surface area contributed by atoms with Crippen LogP contribution in [0.2, 0.25) is 0 Å². The highest BCUT2D eigenvalue weighted by atomic mass is 16.3. The number of amides is 1. The van der Waals surface area contributed by atoms with E-state index in [1.807, 2.05) is 30.3 Å². The maximum atomic E-state index is 12.3. The summed E-state index contributed by atoms with van der Waals surface area (Å²) < 4.78 is 0. The predicted molar refractivity (Wildman–Crippen MR) is 80.4 cm³/mol. The van der Waals surface area contributed by atoms with Crippen molar-refractivity contribution in [3.8, 4) is 0 Å². The second kappa shape index (κ2) is 8.05. The average molecular weight is 275 g/mol. The van der Waals surface area contributed by atoms with Gasteiger partial charge >= 0.3 is 0 Å². The van der Waals surface area contributed by atoms with E-state index in [-0.39, 0.29) is 24.5 Å². The summed E-state index contributed by atoms with van der Waals surface area (Å²) in [6, 6.07) is 9.82. The zero-order valence-corrected chi connectivity index (χ0v) is 12.1. The van der Waals surface area contributed by atoms with Gasteiger partial charge in [-0.2, -0.15) is 0 Å². The van der Waals surface area contributed by atoms with Crippen LogP contribution >= 0.6 is 0 Å². The van der Waals surface area contributed by atoms with Gasteiger partial charge < -0.3 is 10.4 Å². The van der Waals surface area contributed by atoms with Crippen molar-refractivity contribution in [1.82, 2.24) is 5.32 Å². The summed E-state index contributed by atoms with van der Waals surface area (Å²) in [6.07, 6.45) is 7.48. The minimum atomic E-state index is -0.173. The minimum absolute atomic E-state index is 0.00659. The second-order valence-corrected chi connectivity index (χ2v) is 5.77. The molecule has 3 heteroatoms. The Hall–Kier alpha value is -1.35. The van der Waals surface area contributed by atoms with Gasteiger partial charge in [0.2, 0.25) is 5.91 Å². The highest BCUT2D eigenvalue weighted by Crippen LogP contribution is 2.23. The van der Waals surface area contributed by atoms with Gasteiger partial charge in [-0.1, -0.05) is 56.0 Å². The van der Waals surface area contributed by atoms with Crippen LogP contribution in [-0.2, 0) is 11.2 Å². The molecule has 110 valence electrons. The van der Waals surface area contributed by atoms with Crippen LogP contribution in [-0.4, -0.2) is 23.7 Å². The van der Waals surface area contributed by atoms with Crippen molar-refractivity contribution >= 4 is 5.91 Å². The topological polar surface area (TPSA) is 49.3 Å². The number of benzene rings is 1. The fourth-order valence-electron chi connectivity index (χ4n) is 2.92. The molecule has 1 aromatic rings. The molecular formula is C17H25NO2. The molecule has 0 unspecified atom stereocenters. The number of rotatable bonds is 5. The molecule has 2 N–H and O–H groups in total. The van der Waals surface area contributed by atoms with Gasteiger partial charge in [0, 0.05) is 5.92 Å². The van der Waals surface area contributed by atoms with Crippen LogP contribution in [0.3, 0.4) is 0 Å². The summed E-state index contributed by atoms with van der Waals surface area (Å²) >= 11 is 0. The van der Waals surface area contributed by atoms with Crippen LogP contribution in [0.15, 0.2) is 30.3 Å². The molecule has 0 saturated heterocycles. The maximum Gasteiger partial charge on any atom is 0.223 e. The van der Waals surface area contributed by atoms with Crippen LogP contribution in [0.1, 0.15) is 44.1 Å². The van der Waals surface area contributed by atoms with Crippen LogP contribution in [0, 0.1) is 5.92 Å². The van der Waals surface area contributed by atoms with Crippen molar-refractivity contribution in [3.63, 3.8) is 0 Å². The fraction of sp³-hybridized carbons (Fsp3) is 0.588. The third-order valence-electron chi connectivity index (χ3n) is 4.12. The number of hydrogen-bond donors (Lipinski definition) is 2. The van der Waals surface area contributed by atoms with E-state index in [4.69, 9.17) is 0 Å². The lowest BCUT2D eigenvalue weighted by Crippen LogP contribution is -2.42. The standard InChI is InChI=1S/C17H25NO2/c19-13-16(12-14-8-4-3-5-9-14)18-17(20)15-10-6-1-2-7-11-15/h3-5,8-9,15-16,19H,1-2,6-7,10-13H2,(H,18,20)/t16-/m0/s1. The molecule has 0 radical (unpaired) electrons. The summed E-state index contributed by atoms with van der Waals surface area (Å²) in [6.45, 7) is -0.00659. The molecule has 1 aliphatic carbocycles. The van der Waals surface area contributed by atoms with Gasteiger partial charge in [-0.15, -0.1) is 0 Å². The van der Waals surface area contributed by atoms with E-state index < -0.39 is 0 Å². The zero-order chi connectivity index (χ0) is 14.2. The number of carbonyl (C=O) groups is 1. The number of aliphatic hydroxyl groups excluding tert-OH is 1. The lowest BCUT2D eigenvalue weighted by molar-refractivity contribution is -0.126. The molecular weight excluding hydrogens is 250 g/mol. The van der Waals surface area contributed by atoms with E-state index in [1.54, 1.807) is 0 Å². The number of aliphatic hydroxyl groups is 1. The van der Waals surface area contributed by atoms with Gasteiger partial charge in [-0.05, 0) is 24.8 Å². The van der Waals surface area contributed by atoms with Gasteiger partial charge in [0.15, 0.2) is 0 Å². The molecule has 1 amide bonds. The van der Waals surface area contributed by atoms with E-state index in [0.717, 1.165) is 31.2 Å². The first kappa shape index (κ1) is 15.0. The highest BCUT2D eigenvalue weighted by Gasteiger charge is 2.22. The van der Waals surface area contributed by atoms with Crippen molar-refractivity contribution < 1.29 is 9.90 Å². The SMILES string of the molecule is O=C(N[C@H](CO)Cc1ccccc1)C1CCCCCC1. The maximum absolute atomic E-state index is 12.3. The van der Waals surface area contributed by atoms with Crippen LogP contribution in [0.5, 0.6) is 0 Å². The van der Waals surface area contributed by atoms with Crippen LogP contribution in [0.25, 0.3) is 0 Å². The van der Waals surface area contributed by atoms with Gasteiger partial charge in [-0.25, -0.2) is 0 Å². The summed E-state index contributed by atoms with van der Waals surface area (Å²) in [5.74, 6) is 0.268. The highest BCUT2D eigenvalue weighted by molar-refractivity contribution is 5.79. The van der Waals surface area contributed by atoms with E-state index in [1.165, 1.54) is 12.8 Å². The van der Waals surface area contributed by atoms with Gasteiger partial charge in [-0.3, -0.25) is 4.79 Å². The van der Waals surface area contributed by atoms with Crippen LogP contribution in [0.4, 0.5) is 0 Å². The largest absolute Gasteiger partial charge is 0.394 e. The van der Waals surface area contributed by atoms with Crippen molar-refractivity contribution in [3.05, 3.63) is 35.9 Å². The molecule has 1 aliphatic rings. The summed E-state index contributed by atoms with van der Waals surface area (Å²) in [5, 5.41) is 12.5. The number of nitrogens with one attached hydrogen (secondary N) is 1. The molecule has 0 aromatic heterocycles. The van der Waals surface area contributed by atoms with Gasteiger partial charge in [0.25, 0.3) is 0 Å². The molecule has 1 atom stereocenters. The Balaban J connectivity index is 1.87. The molecule has 0 spiro atoms. The zero-order valence-electron chi connectivity index (χ0n) is 12.1. The third kappa shape index (κ3) is 4.64. The Morgan fingerprint density at radius 3 is 2.40 bits per heavy atom. The van der Waals surface area contributed by atoms with Crippen molar-refractivity contribution in [2.75, 3.05) is 6.61 Å². The first-order chi connectivity index (χ1) is 9.79. The molecule has 20 heavy (non-hydrogen) atoms. The first-order valence-electron chi connectivity index (χ1n) is 7.74. The number of carbonyl (C=O) groups excluding carboxylic acids is 1. The van der Waals surface area contributed by atoms with E-state index in [9.17, 15) is 9.90 Å². The average Bonchev–Trinajstić information content (AvgIpc) is 2.76. The van der Waals surface area contributed by atoms with Crippen molar-refractivity contribution in [2.24, 2.45) is 5.92 Å². The second-order valence-electron chi connectivity index (χ2n) is 5.77. The smallest absolute Gasteiger partial charge is 0.223 e. The van der Waals surface area contributed by atoms with E-state index >= 15 is 0 Å². The van der Waals surface area contributed by atoms with Crippen molar-refractivity contribution in [1.29, 1.82) is 0 Å². The predicted octanol–water partition coefficient (Wildman–Crippen LogP) is 2.68. The molecule has 0 heterocycles. The Morgan fingerprint density at radius 1 is 1.15 bits per heavy atom. The fourth-order valence-corrected chi connectivity index (χ4v) is 2.92. The molecule has 1 aromatic carbocycles. The van der Waals surface area contributed by atoms with Crippen molar-refractivity contribution in [2.45, 2.75) is 51.0 Å².